The number of ether oxygens (including phenoxy) is 1. The van der Waals surface area contributed by atoms with E-state index in [0.717, 1.165) is 5.39 Å². The number of rotatable bonds is 3. The van der Waals surface area contributed by atoms with Gasteiger partial charge in [-0.1, -0.05) is 18.2 Å². The summed E-state index contributed by atoms with van der Waals surface area (Å²) in [4.78, 5) is 19.7. The summed E-state index contributed by atoms with van der Waals surface area (Å²) in [6.45, 7) is 1.71. The molecule has 0 aliphatic rings. The lowest BCUT2D eigenvalue weighted by Gasteiger charge is -2.10. The summed E-state index contributed by atoms with van der Waals surface area (Å²) in [6, 6.07) is 10.9. The first kappa shape index (κ1) is 13.1. The normalized spacial score (nSPS) is 10.5. The van der Waals surface area contributed by atoms with Gasteiger partial charge in [-0.3, -0.25) is 4.98 Å². The molecule has 3 rings (SSSR count). The Kier molecular flexibility index (Phi) is 3.23. The highest BCUT2D eigenvalue weighted by Crippen LogP contribution is 2.30. The summed E-state index contributed by atoms with van der Waals surface area (Å²) in [5, 5.41) is 10.2. The lowest BCUT2D eigenvalue weighted by atomic mass is 10.1. The van der Waals surface area contributed by atoms with Gasteiger partial charge >= 0.3 is 5.97 Å². The number of pyridine rings is 2. The molecule has 1 aromatic carbocycles. The summed E-state index contributed by atoms with van der Waals surface area (Å²) >= 11 is 0. The van der Waals surface area contributed by atoms with Crippen LogP contribution in [0.3, 0.4) is 0 Å². The van der Waals surface area contributed by atoms with Crippen LogP contribution in [0.5, 0.6) is 11.6 Å². The lowest BCUT2D eigenvalue weighted by Crippen LogP contribution is -2.04. The minimum Gasteiger partial charge on any atom is -0.477 e. The molecule has 0 fully saturated rings. The van der Waals surface area contributed by atoms with Gasteiger partial charge in [-0.15, -0.1) is 0 Å². The standard InChI is InChI=1S/C16H12N2O3/c1-10-7-9-18-15(13(10)16(19)20)21-12-6-2-4-11-5-3-8-17-14(11)12/h2-9H,1H3,(H,19,20). The molecule has 2 heterocycles. The fourth-order valence-electron chi connectivity index (χ4n) is 2.13. The van der Waals surface area contributed by atoms with Crippen molar-refractivity contribution < 1.29 is 14.6 Å². The van der Waals surface area contributed by atoms with Gasteiger partial charge in [0.2, 0.25) is 5.88 Å². The van der Waals surface area contributed by atoms with Crippen LogP contribution in [0.2, 0.25) is 0 Å². The number of carbonyl (C=O) groups is 1. The van der Waals surface area contributed by atoms with Crippen LogP contribution in [0.1, 0.15) is 15.9 Å². The van der Waals surface area contributed by atoms with Crippen molar-refractivity contribution in [3.05, 3.63) is 59.9 Å². The monoisotopic (exact) mass is 280 g/mol. The quantitative estimate of drug-likeness (QED) is 0.795. The number of nitrogens with zero attached hydrogens (tertiary/aromatic N) is 2. The van der Waals surface area contributed by atoms with Crippen LogP contribution in [-0.4, -0.2) is 21.0 Å². The van der Waals surface area contributed by atoms with Gasteiger partial charge in [0.25, 0.3) is 0 Å². The molecule has 1 N–H and O–H groups in total. The second-order valence-electron chi connectivity index (χ2n) is 4.55. The average Bonchev–Trinajstić information content (AvgIpc) is 2.47. The zero-order valence-electron chi connectivity index (χ0n) is 11.3. The van der Waals surface area contributed by atoms with Crippen molar-refractivity contribution in [2.45, 2.75) is 6.92 Å². The topological polar surface area (TPSA) is 72.3 Å². The number of benzene rings is 1. The van der Waals surface area contributed by atoms with Crippen LogP contribution in [-0.2, 0) is 0 Å². The van der Waals surface area contributed by atoms with E-state index in [4.69, 9.17) is 4.74 Å². The van der Waals surface area contributed by atoms with E-state index in [-0.39, 0.29) is 11.4 Å². The number of aromatic carboxylic acids is 1. The highest BCUT2D eigenvalue weighted by molar-refractivity contribution is 5.92. The van der Waals surface area contributed by atoms with E-state index in [2.05, 4.69) is 9.97 Å². The van der Waals surface area contributed by atoms with Gasteiger partial charge in [0, 0.05) is 17.8 Å². The number of fused-ring (bicyclic) bond motifs is 1. The number of hydrogen-bond donors (Lipinski definition) is 1. The molecule has 0 saturated heterocycles. The van der Waals surface area contributed by atoms with E-state index in [1.165, 1.54) is 6.20 Å². The zero-order valence-corrected chi connectivity index (χ0v) is 11.3. The van der Waals surface area contributed by atoms with Gasteiger partial charge in [-0.25, -0.2) is 9.78 Å². The summed E-state index contributed by atoms with van der Waals surface area (Å²) in [5.74, 6) is -0.516. The second-order valence-corrected chi connectivity index (χ2v) is 4.55. The summed E-state index contributed by atoms with van der Waals surface area (Å²) in [7, 11) is 0. The Bertz CT molecular complexity index is 825. The molecule has 0 radical (unpaired) electrons. The van der Waals surface area contributed by atoms with Crippen molar-refractivity contribution in [2.24, 2.45) is 0 Å². The van der Waals surface area contributed by atoms with Gasteiger partial charge in [0.15, 0.2) is 5.75 Å². The van der Waals surface area contributed by atoms with Crippen molar-refractivity contribution in [1.82, 2.24) is 9.97 Å². The number of carboxylic acid groups (broad SMARTS) is 1. The third-order valence-electron chi connectivity index (χ3n) is 3.14. The van der Waals surface area contributed by atoms with E-state index in [0.29, 0.717) is 16.8 Å². The highest BCUT2D eigenvalue weighted by Gasteiger charge is 2.17. The van der Waals surface area contributed by atoms with Gasteiger partial charge < -0.3 is 9.84 Å². The molecule has 5 heteroatoms. The third-order valence-corrected chi connectivity index (χ3v) is 3.14. The van der Waals surface area contributed by atoms with E-state index in [9.17, 15) is 9.90 Å². The third kappa shape index (κ3) is 2.41. The molecule has 21 heavy (non-hydrogen) atoms. The molecule has 0 amide bonds. The number of carboxylic acids is 1. The molecule has 104 valence electrons. The number of aromatic nitrogens is 2. The Morgan fingerprint density at radius 1 is 1.10 bits per heavy atom. The lowest BCUT2D eigenvalue weighted by molar-refractivity contribution is 0.0692. The predicted octanol–water partition coefficient (Wildman–Crippen LogP) is 3.43. The highest BCUT2D eigenvalue weighted by atomic mass is 16.5. The number of para-hydroxylation sites is 1. The van der Waals surface area contributed by atoms with Crippen LogP contribution < -0.4 is 4.74 Å². The largest absolute Gasteiger partial charge is 0.477 e. The maximum Gasteiger partial charge on any atom is 0.341 e. The van der Waals surface area contributed by atoms with Crippen LogP contribution in [0.15, 0.2) is 48.8 Å². The molecule has 0 aliphatic heterocycles. The van der Waals surface area contributed by atoms with E-state index >= 15 is 0 Å². The molecule has 0 spiro atoms. The first-order valence-corrected chi connectivity index (χ1v) is 6.37. The SMILES string of the molecule is Cc1ccnc(Oc2cccc3cccnc23)c1C(=O)O. The molecule has 5 nitrogen and oxygen atoms in total. The molecular formula is C16H12N2O3. The average molecular weight is 280 g/mol. The van der Waals surface area contributed by atoms with Gasteiger partial charge in [0.05, 0.1) is 0 Å². The Hall–Kier alpha value is -2.95. The van der Waals surface area contributed by atoms with Crippen LogP contribution in [0, 0.1) is 6.92 Å². The first-order valence-electron chi connectivity index (χ1n) is 6.37. The molecule has 0 unspecified atom stereocenters. The molecule has 2 aromatic heterocycles. The Morgan fingerprint density at radius 2 is 1.90 bits per heavy atom. The van der Waals surface area contributed by atoms with Gasteiger partial charge in [-0.2, -0.15) is 0 Å². The van der Waals surface area contributed by atoms with E-state index < -0.39 is 5.97 Å². The Labute approximate surface area is 120 Å². The van der Waals surface area contributed by atoms with Gasteiger partial charge in [0.1, 0.15) is 11.1 Å². The van der Waals surface area contributed by atoms with Crippen LogP contribution in [0.4, 0.5) is 0 Å². The Balaban J connectivity index is 2.12. The molecule has 0 bridgehead atoms. The minimum absolute atomic E-state index is 0.0606. The maximum absolute atomic E-state index is 11.4. The number of hydrogen-bond acceptors (Lipinski definition) is 4. The molecule has 0 saturated carbocycles. The summed E-state index contributed by atoms with van der Waals surface area (Å²) < 4.78 is 5.71. The first-order chi connectivity index (χ1) is 10.2. The second kappa shape index (κ2) is 5.20. The van der Waals surface area contributed by atoms with E-state index in [1.54, 1.807) is 25.3 Å². The predicted molar refractivity (Wildman–Crippen MR) is 77.8 cm³/mol. The Morgan fingerprint density at radius 3 is 2.71 bits per heavy atom. The van der Waals surface area contributed by atoms with E-state index in [1.807, 2.05) is 24.3 Å². The minimum atomic E-state index is -1.07. The maximum atomic E-state index is 11.4. The smallest absolute Gasteiger partial charge is 0.341 e. The van der Waals surface area contributed by atoms with Crippen LogP contribution >= 0.6 is 0 Å². The zero-order chi connectivity index (χ0) is 14.8. The molecule has 0 aliphatic carbocycles. The number of aryl methyl sites for hydroxylation is 1. The molecular weight excluding hydrogens is 268 g/mol. The molecule has 0 atom stereocenters. The van der Waals surface area contributed by atoms with Crippen molar-refractivity contribution in [2.75, 3.05) is 0 Å². The fourth-order valence-corrected chi connectivity index (χ4v) is 2.13. The fraction of sp³-hybridized carbons (Fsp3) is 0.0625. The van der Waals surface area contributed by atoms with Crippen molar-refractivity contribution in [1.29, 1.82) is 0 Å². The summed E-state index contributed by atoms with van der Waals surface area (Å²) in [5.41, 5.74) is 1.32. The summed E-state index contributed by atoms with van der Waals surface area (Å²) in [6.07, 6.45) is 3.19. The van der Waals surface area contributed by atoms with Crippen molar-refractivity contribution in [3.8, 4) is 11.6 Å². The van der Waals surface area contributed by atoms with Gasteiger partial charge in [-0.05, 0) is 30.7 Å². The van der Waals surface area contributed by atoms with Crippen molar-refractivity contribution in [3.63, 3.8) is 0 Å². The van der Waals surface area contributed by atoms with Crippen molar-refractivity contribution >= 4 is 16.9 Å². The van der Waals surface area contributed by atoms with Crippen LogP contribution in [0.25, 0.3) is 10.9 Å². The molecule has 3 aromatic rings.